The summed E-state index contributed by atoms with van der Waals surface area (Å²) in [5, 5.41) is 5.99. The van der Waals surface area contributed by atoms with Gasteiger partial charge in [0.25, 0.3) is 5.91 Å². The zero-order chi connectivity index (χ0) is 12.4. The monoisotopic (exact) mass is 261 g/mol. The summed E-state index contributed by atoms with van der Waals surface area (Å²) < 4.78 is 1.16. The Morgan fingerprint density at radius 1 is 1.33 bits per heavy atom. The number of fused-ring (bicyclic) bond motifs is 1. The van der Waals surface area contributed by atoms with Gasteiger partial charge in [-0.3, -0.25) is 15.6 Å². The molecule has 0 atom stereocenters. The van der Waals surface area contributed by atoms with Crippen LogP contribution in [0.4, 0.5) is 0 Å². The third-order valence-electron chi connectivity index (χ3n) is 3.18. The number of thiophene rings is 1. The molecule has 1 aromatic carbocycles. The standard InChI is InChI=1S/C13H15N3OS/c17-13(14-5-9-6-15-16-7-9)11-8-18-12-4-2-1-3-10(11)12/h1-4,8-9,15-16H,5-7H2,(H,14,17). The molecule has 1 aliphatic heterocycles. The van der Waals surface area contributed by atoms with Gasteiger partial charge in [0, 0.05) is 41.0 Å². The Morgan fingerprint density at radius 2 is 2.11 bits per heavy atom. The lowest BCUT2D eigenvalue weighted by molar-refractivity contribution is 0.0951. The van der Waals surface area contributed by atoms with Crippen LogP contribution in [0.5, 0.6) is 0 Å². The molecule has 5 heteroatoms. The number of hydrogen-bond acceptors (Lipinski definition) is 4. The normalized spacial score (nSPS) is 16.2. The van der Waals surface area contributed by atoms with Gasteiger partial charge in [0.1, 0.15) is 0 Å². The van der Waals surface area contributed by atoms with Crippen LogP contribution >= 0.6 is 11.3 Å². The fourth-order valence-corrected chi connectivity index (χ4v) is 3.08. The van der Waals surface area contributed by atoms with Gasteiger partial charge in [-0.1, -0.05) is 18.2 Å². The molecule has 1 fully saturated rings. The summed E-state index contributed by atoms with van der Waals surface area (Å²) in [6.45, 7) is 2.53. The Morgan fingerprint density at radius 3 is 2.94 bits per heavy atom. The maximum Gasteiger partial charge on any atom is 0.252 e. The third-order valence-corrected chi connectivity index (χ3v) is 4.15. The van der Waals surface area contributed by atoms with E-state index >= 15 is 0 Å². The molecule has 0 saturated carbocycles. The number of amides is 1. The number of rotatable bonds is 3. The van der Waals surface area contributed by atoms with Crippen molar-refractivity contribution in [2.45, 2.75) is 0 Å². The van der Waals surface area contributed by atoms with Gasteiger partial charge >= 0.3 is 0 Å². The maximum absolute atomic E-state index is 12.1. The quantitative estimate of drug-likeness (QED) is 0.782. The zero-order valence-electron chi connectivity index (χ0n) is 9.90. The van der Waals surface area contributed by atoms with Crippen molar-refractivity contribution in [1.29, 1.82) is 0 Å². The highest BCUT2D eigenvalue weighted by Crippen LogP contribution is 2.25. The Labute approximate surface area is 109 Å². The van der Waals surface area contributed by atoms with Crippen LogP contribution in [0.25, 0.3) is 10.1 Å². The first kappa shape index (κ1) is 11.6. The van der Waals surface area contributed by atoms with Crippen LogP contribution in [-0.2, 0) is 0 Å². The first-order valence-electron chi connectivity index (χ1n) is 6.05. The molecule has 0 spiro atoms. The van der Waals surface area contributed by atoms with Gasteiger partial charge in [0.2, 0.25) is 0 Å². The predicted molar refractivity (Wildman–Crippen MR) is 73.7 cm³/mol. The van der Waals surface area contributed by atoms with E-state index < -0.39 is 0 Å². The molecule has 0 radical (unpaired) electrons. The lowest BCUT2D eigenvalue weighted by Crippen LogP contribution is -2.31. The van der Waals surface area contributed by atoms with Crippen LogP contribution in [0.15, 0.2) is 29.6 Å². The van der Waals surface area contributed by atoms with E-state index in [4.69, 9.17) is 0 Å². The molecule has 18 heavy (non-hydrogen) atoms. The molecule has 1 aliphatic rings. The van der Waals surface area contributed by atoms with Crippen molar-refractivity contribution in [2.75, 3.05) is 19.6 Å². The SMILES string of the molecule is O=C(NCC1CNNC1)c1csc2ccccc12. The molecule has 4 nitrogen and oxygen atoms in total. The highest BCUT2D eigenvalue weighted by Gasteiger charge is 2.17. The van der Waals surface area contributed by atoms with Crippen molar-refractivity contribution < 1.29 is 4.79 Å². The van der Waals surface area contributed by atoms with Gasteiger partial charge in [0.15, 0.2) is 0 Å². The second-order valence-electron chi connectivity index (χ2n) is 4.48. The van der Waals surface area contributed by atoms with E-state index in [1.807, 2.05) is 29.6 Å². The average molecular weight is 261 g/mol. The van der Waals surface area contributed by atoms with Crippen LogP contribution in [0.3, 0.4) is 0 Å². The van der Waals surface area contributed by atoms with Crippen LogP contribution in [0.1, 0.15) is 10.4 Å². The number of hydrazine groups is 1. The van der Waals surface area contributed by atoms with E-state index in [2.05, 4.69) is 16.2 Å². The number of carbonyl (C=O) groups excluding carboxylic acids is 1. The van der Waals surface area contributed by atoms with Crippen molar-refractivity contribution in [3.8, 4) is 0 Å². The van der Waals surface area contributed by atoms with E-state index in [0.29, 0.717) is 12.5 Å². The van der Waals surface area contributed by atoms with Crippen LogP contribution in [0, 0.1) is 5.92 Å². The largest absolute Gasteiger partial charge is 0.352 e. The van der Waals surface area contributed by atoms with Gasteiger partial charge in [0.05, 0.1) is 5.56 Å². The molecular formula is C13H15N3OS. The van der Waals surface area contributed by atoms with Crippen molar-refractivity contribution in [3.63, 3.8) is 0 Å². The zero-order valence-corrected chi connectivity index (χ0v) is 10.7. The molecule has 1 aromatic heterocycles. The molecule has 0 aliphatic carbocycles. The topological polar surface area (TPSA) is 53.2 Å². The van der Waals surface area contributed by atoms with Gasteiger partial charge in [-0.15, -0.1) is 11.3 Å². The summed E-state index contributed by atoms with van der Waals surface area (Å²) in [5.74, 6) is 0.498. The molecule has 94 valence electrons. The minimum atomic E-state index is 0.0272. The second-order valence-corrected chi connectivity index (χ2v) is 5.39. The van der Waals surface area contributed by atoms with E-state index in [-0.39, 0.29) is 5.91 Å². The van der Waals surface area contributed by atoms with Crippen molar-refractivity contribution in [3.05, 3.63) is 35.2 Å². The van der Waals surface area contributed by atoms with E-state index in [9.17, 15) is 4.79 Å². The minimum absolute atomic E-state index is 0.0272. The maximum atomic E-state index is 12.1. The summed E-state index contributed by atoms with van der Waals surface area (Å²) in [4.78, 5) is 12.1. The Bertz CT molecular complexity index is 560. The van der Waals surface area contributed by atoms with Gasteiger partial charge in [-0.05, 0) is 6.07 Å². The summed E-state index contributed by atoms with van der Waals surface area (Å²) >= 11 is 1.61. The molecular weight excluding hydrogens is 246 g/mol. The summed E-state index contributed by atoms with van der Waals surface area (Å²) in [6, 6.07) is 8.01. The highest BCUT2D eigenvalue weighted by molar-refractivity contribution is 7.17. The third kappa shape index (κ3) is 2.25. The number of hydrogen-bond donors (Lipinski definition) is 3. The first-order valence-corrected chi connectivity index (χ1v) is 6.93. The lowest BCUT2D eigenvalue weighted by Gasteiger charge is -2.08. The second kappa shape index (κ2) is 5.06. The Balaban J connectivity index is 1.71. The van der Waals surface area contributed by atoms with E-state index in [1.54, 1.807) is 11.3 Å². The van der Waals surface area contributed by atoms with Crippen LogP contribution < -0.4 is 16.2 Å². The van der Waals surface area contributed by atoms with E-state index in [0.717, 1.165) is 28.7 Å². The molecule has 2 heterocycles. The molecule has 1 amide bonds. The summed E-state index contributed by atoms with van der Waals surface area (Å²) in [5.41, 5.74) is 6.91. The molecule has 3 N–H and O–H groups in total. The average Bonchev–Trinajstić information content (AvgIpc) is 3.05. The van der Waals surface area contributed by atoms with Crippen LogP contribution in [-0.4, -0.2) is 25.5 Å². The van der Waals surface area contributed by atoms with Crippen LogP contribution in [0.2, 0.25) is 0 Å². The number of benzene rings is 1. The van der Waals surface area contributed by atoms with Crippen molar-refractivity contribution >= 4 is 27.3 Å². The molecule has 1 saturated heterocycles. The molecule has 0 bridgehead atoms. The van der Waals surface area contributed by atoms with Gasteiger partial charge < -0.3 is 5.32 Å². The number of nitrogens with one attached hydrogen (secondary N) is 3. The Kier molecular flexibility index (Phi) is 3.27. The lowest BCUT2D eigenvalue weighted by atomic mass is 10.1. The fraction of sp³-hybridized carbons (Fsp3) is 0.308. The highest BCUT2D eigenvalue weighted by atomic mass is 32.1. The summed E-state index contributed by atoms with van der Waals surface area (Å²) in [7, 11) is 0. The van der Waals surface area contributed by atoms with E-state index in [1.165, 1.54) is 0 Å². The van der Waals surface area contributed by atoms with Gasteiger partial charge in [-0.25, -0.2) is 0 Å². The molecule has 0 unspecified atom stereocenters. The molecule has 2 aromatic rings. The fourth-order valence-electron chi connectivity index (χ4n) is 2.14. The van der Waals surface area contributed by atoms with Crippen molar-refractivity contribution in [1.82, 2.24) is 16.2 Å². The summed E-state index contributed by atoms with van der Waals surface area (Å²) in [6.07, 6.45) is 0. The number of carbonyl (C=O) groups is 1. The van der Waals surface area contributed by atoms with Crippen molar-refractivity contribution in [2.24, 2.45) is 5.92 Å². The smallest absolute Gasteiger partial charge is 0.252 e. The Hall–Kier alpha value is -1.43. The predicted octanol–water partition coefficient (Wildman–Crippen LogP) is 1.36. The minimum Gasteiger partial charge on any atom is -0.352 e. The molecule has 3 rings (SSSR count). The van der Waals surface area contributed by atoms with Gasteiger partial charge in [-0.2, -0.15) is 0 Å². The first-order chi connectivity index (χ1) is 8.84.